The first-order chi connectivity index (χ1) is 17.5. The van der Waals surface area contributed by atoms with Gasteiger partial charge in [0, 0.05) is 16.7 Å². The van der Waals surface area contributed by atoms with E-state index in [1.54, 1.807) is 20.3 Å². The zero-order valence-electron chi connectivity index (χ0n) is 20.8. The van der Waals surface area contributed by atoms with E-state index in [1.165, 1.54) is 0 Å². The quantitative estimate of drug-likeness (QED) is 0.325. The molecule has 7 heteroatoms. The molecule has 1 N–H and O–H groups in total. The van der Waals surface area contributed by atoms with Crippen molar-refractivity contribution >= 4 is 22.0 Å². The molecule has 1 unspecified atom stereocenters. The monoisotopic (exact) mass is 554 g/mol. The van der Waals surface area contributed by atoms with Crippen LogP contribution in [-0.4, -0.2) is 32.5 Å². The van der Waals surface area contributed by atoms with Crippen LogP contribution in [0, 0.1) is 6.92 Å². The van der Waals surface area contributed by atoms with Gasteiger partial charge in [-0.1, -0.05) is 55.1 Å². The molecule has 1 fully saturated rings. The highest BCUT2D eigenvalue weighted by atomic mass is 79.9. The second-order valence-electron chi connectivity index (χ2n) is 8.40. The first-order valence-electron chi connectivity index (χ1n) is 11.8. The van der Waals surface area contributed by atoms with Gasteiger partial charge in [-0.3, -0.25) is 0 Å². The van der Waals surface area contributed by atoms with Crippen molar-refractivity contribution in [2.45, 2.75) is 32.3 Å². The van der Waals surface area contributed by atoms with Gasteiger partial charge in [0.15, 0.2) is 6.29 Å². The van der Waals surface area contributed by atoms with Crippen LogP contribution in [0.4, 0.5) is 0 Å². The summed E-state index contributed by atoms with van der Waals surface area (Å²) in [6.45, 7) is 7.28. The molecule has 1 heterocycles. The normalized spacial score (nSPS) is 14.8. The summed E-state index contributed by atoms with van der Waals surface area (Å²) in [5.41, 5.74) is 4.29. The van der Waals surface area contributed by atoms with Crippen LogP contribution in [0.1, 0.15) is 52.2 Å². The highest BCUT2D eigenvalue weighted by Crippen LogP contribution is 2.51. The van der Waals surface area contributed by atoms with Gasteiger partial charge >= 0.3 is 0 Å². The number of methoxy groups -OCH3 is 2. The summed E-state index contributed by atoms with van der Waals surface area (Å²) in [5, 5.41) is 11.9. The number of aliphatic hydroxyl groups excluding tert-OH is 1. The summed E-state index contributed by atoms with van der Waals surface area (Å²) in [6.07, 6.45) is 0.710. The lowest BCUT2D eigenvalue weighted by Crippen LogP contribution is -2.21. The van der Waals surface area contributed by atoms with Crippen molar-refractivity contribution in [3.63, 3.8) is 0 Å². The summed E-state index contributed by atoms with van der Waals surface area (Å²) in [7, 11) is 3.17. The second-order valence-corrected chi connectivity index (χ2v) is 9.19. The number of halogens is 1. The van der Waals surface area contributed by atoms with Crippen LogP contribution in [-0.2, 0) is 16.1 Å². The molecular formula is C29H31BrO6. The summed E-state index contributed by atoms with van der Waals surface area (Å²) in [6, 6.07) is 15.4. The average molecular weight is 555 g/mol. The molecule has 1 aliphatic heterocycles. The summed E-state index contributed by atoms with van der Waals surface area (Å²) in [4.78, 5) is 0. The van der Waals surface area contributed by atoms with Gasteiger partial charge in [0.2, 0.25) is 0 Å². The van der Waals surface area contributed by atoms with E-state index in [0.717, 1.165) is 23.1 Å². The minimum atomic E-state index is -1.13. The topological polar surface area (TPSA) is 66.4 Å². The van der Waals surface area contributed by atoms with Gasteiger partial charge < -0.3 is 28.8 Å². The molecule has 0 bridgehead atoms. The predicted octanol–water partition coefficient (Wildman–Crippen LogP) is 6.51. The van der Waals surface area contributed by atoms with Crippen LogP contribution in [0.3, 0.4) is 0 Å². The highest BCUT2D eigenvalue weighted by molar-refractivity contribution is 9.10. The van der Waals surface area contributed by atoms with Crippen molar-refractivity contribution in [2.24, 2.45) is 0 Å². The van der Waals surface area contributed by atoms with Gasteiger partial charge in [-0.2, -0.15) is 0 Å². The third kappa shape index (κ3) is 5.15. The Bertz CT molecular complexity index is 1200. The Morgan fingerprint density at radius 2 is 1.75 bits per heavy atom. The Morgan fingerprint density at radius 3 is 2.39 bits per heavy atom. The molecule has 3 aromatic carbocycles. The van der Waals surface area contributed by atoms with Crippen molar-refractivity contribution in [3.05, 3.63) is 93.0 Å². The molecule has 0 aromatic heterocycles. The maximum atomic E-state index is 11.9. The minimum absolute atomic E-state index is 0.290. The molecule has 0 aliphatic carbocycles. The lowest BCUT2D eigenvalue weighted by Gasteiger charge is -2.31. The third-order valence-corrected chi connectivity index (χ3v) is 7.04. The van der Waals surface area contributed by atoms with E-state index in [9.17, 15) is 5.11 Å². The standard InChI is InChI=1S/C29H31BrO6/c1-5-20-13-9-14-21(32-3)23(20)26(31)24-25(30)27(33-4)18(2)22(29-34-15-10-16-35-29)28(24)36-17-19-11-7-6-8-12-19/h5-9,11-14,26,29,31H,1,10,15-17H2,2-4H3. The maximum Gasteiger partial charge on any atom is 0.187 e. The van der Waals surface area contributed by atoms with E-state index < -0.39 is 12.4 Å². The fraction of sp³-hybridized carbons (Fsp3) is 0.310. The molecule has 4 rings (SSSR count). The molecule has 6 nitrogen and oxygen atoms in total. The Labute approximate surface area is 220 Å². The second kappa shape index (κ2) is 11.9. The fourth-order valence-electron chi connectivity index (χ4n) is 4.49. The predicted molar refractivity (Wildman–Crippen MR) is 143 cm³/mol. The van der Waals surface area contributed by atoms with Crippen molar-refractivity contribution < 1.29 is 28.8 Å². The molecule has 0 radical (unpaired) electrons. The minimum Gasteiger partial charge on any atom is -0.496 e. The number of rotatable bonds is 9. The van der Waals surface area contributed by atoms with Crippen molar-refractivity contribution in [2.75, 3.05) is 27.4 Å². The van der Waals surface area contributed by atoms with Crippen LogP contribution >= 0.6 is 15.9 Å². The molecule has 1 atom stereocenters. The summed E-state index contributed by atoms with van der Waals surface area (Å²) >= 11 is 3.71. The zero-order chi connectivity index (χ0) is 25.7. The Hall–Kier alpha value is -2.84. The number of ether oxygens (including phenoxy) is 5. The van der Waals surface area contributed by atoms with Crippen LogP contribution in [0.15, 0.2) is 59.6 Å². The Balaban J connectivity index is 1.96. The first-order valence-corrected chi connectivity index (χ1v) is 12.6. The van der Waals surface area contributed by atoms with Crippen molar-refractivity contribution in [1.29, 1.82) is 0 Å². The third-order valence-electron chi connectivity index (χ3n) is 6.25. The summed E-state index contributed by atoms with van der Waals surface area (Å²) in [5.74, 6) is 1.58. The number of hydrogen-bond acceptors (Lipinski definition) is 6. The number of aliphatic hydroxyl groups is 1. The van der Waals surface area contributed by atoms with E-state index in [0.29, 0.717) is 58.2 Å². The average Bonchev–Trinajstić information content (AvgIpc) is 2.92. The Kier molecular flexibility index (Phi) is 8.69. The van der Waals surface area contributed by atoms with Gasteiger partial charge in [-0.15, -0.1) is 0 Å². The molecule has 0 amide bonds. The van der Waals surface area contributed by atoms with Crippen molar-refractivity contribution in [3.8, 4) is 17.2 Å². The Morgan fingerprint density at radius 1 is 1.03 bits per heavy atom. The summed E-state index contributed by atoms with van der Waals surface area (Å²) < 4.78 is 30.5. The van der Waals surface area contributed by atoms with E-state index in [-0.39, 0.29) is 0 Å². The molecule has 3 aromatic rings. The van der Waals surface area contributed by atoms with E-state index in [4.69, 9.17) is 23.7 Å². The van der Waals surface area contributed by atoms with Gasteiger partial charge in [-0.25, -0.2) is 0 Å². The van der Waals surface area contributed by atoms with Gasteiger partial charge in [0.05, 0.1) is 37.5 Å². The fourth-order valence-corrected chi connectivity index (χ4v) is 5.34. The number of benzene rings is 3. The lowest BCUT2D eigenvalue weighted by molar-refractivity contribution is -0.184. The van der Waals surface area contributed by atoms with Gasteiger partial charge in [-0.05, 0) is 46.5 Å². The molecule has 36 heavy (non-hydrogen) atoms. The number of hydrogen-bond donors (Lipinski definition) is 1. The van der Waals surface area contributed by atoms with Gasteiger partial charge in [0.25, 0.3) is 0 Å². The van der Waals surface area contributed by atoms with Crippen LogP contribution in [0.5, 0.6) is 17.2 Å². The molecule has 190 valence electrons. The van der Waals surface area contributed by atoms with Crippen LogP contribution < -0.4 is 14.2 Å². The molecular weight excluding hydrogens is 524 g/mol. The molecule has 0 saturated carbocycles. The van der Waals surface area contributed by atoms with Crippen LogP contribution in [0.2, 0.25) is 0 Å². The first kappa shape index (κ1) is 26.2. The molecule has 1 saturated heterocycles. The van der Waals surface area contributed by atoms with E-state index >= 15 is 0 Å². The molecule has 0 spiro atoms. The van der Waals surface area contributed by atoms with E-state index in [2.05, 4.69) is 22.5 Å². The van der Waals surface area contributed by atoms with E-state index in [1.807, 2.05) is 55.5 Å². The highest BCUT2D eigenvalue weighted by Gasteiger charge is 2.34. The van der Waals surface area contributed by atoms with Crippen LogP contribution in [0.25, 0.3) is 6.08 Å². The lowest BCUT2D eigenvalue weighted by atomic mass is 9.91. The molecule has 1 aliphatic rings. The SMILES string of the molecule is C=Cc1cccc(OC)c1C(O)c1c(Br)c(OC)c(C)c(C2OCCCO2)c1OCc1ccccc1. The van der Waals surface area contributed by atoms with Crippen molar-refractivity contribution in [1.82, 2.24) is 0 Å². The zero-order valence-corrected chi connectivity index (χ0v) is 22.3. The smallest absolute Gasteiger partial charge is 0.187 e. The largest absolute Gasteiger partial charge is 0.496 e. The maximum absolute atomic E-state index is 11.9. The van der Waals surface area contributed by atoms with Gasteiger partial charge in [0.1, 0.15) is 30.0 Å².